The number of carbonyl (C=O) groups is 2. The molecule has 3 aliphatic heterocycles. The molecular weight excluding hydrogens is 730 g/mol. The Bertz CT molecular complexity index is 1440. The van der Waals surface area contributed by atoms with E-state index in [1.54, 1.807) is 4.90 Å². The Morgan fingerprint density at radius 1 is 0.566 bits per heavy atom. The fourth-order valence-electron chi connectivity index (χ4n) is 7.13. The van der Waals surface area contributed by atoms with E-state index in [0.29, 0.717) is 0 Å². The van der Waals surface area contributed by atoms with Crippen molar-refractivity contribution in [1.82, 2.24) is 19.6 Å². The molecule has 4 fully saturated rings. The predicted molar refractivity (Wildman–Crippen MR) is 221 cm³/mol. The highest BCUT2D eigenvalue weighted by atomic mass is 79.9. The molecule has 53 heavy (non-hydrogen) atoms. The summed E-state index contributed by atoms with van der Waals surface area (Å²) in [7, 11) is 0. The van der Waals surface area contributed by atoms with Crippen molar-refractivity contribution in [3.8, 4) is 0 Å². The van der Waals surface area contributed by atoms with Gasteiger partial charge in [-0.1, -0.05) is 83.4 Å². The summed E-state index contributed by atoms with van der Waals surface area (Å²) in [5, 5.41) is 0. The van der Waals surface area contributed by atoms with Crippen molar-refractivity contribution < 1.29 is 19.1 Å². The van der Waals surface area contributed by atoms with Crippen LogP contribution in [0.5, 0.6) is 0 Å². The van der Waals surface area contributed by atoms with Gasteiger partial charge in [-0.05, 0) is 91.5 Å². The van der Waals surface area contributed by atoms with Crippen LogP contribution < -0.4 is 4.90 Å². The van der Waals surface area contributed by atoms with E-state index in [2.05, 4.69) is 80.9 Å². The first-order valence-corrected chi connectivity index (χ1v) is 20.9. The number of ether oxygens (including phenoxy) is 2. The van der Waals surface area contributed by atoms with Crippen molar-refractivity contribution in [2.24, 2.45) is 0 Å². The van der Waals surface area contributed by atoms with E-state index in [0.717, 1.165) is 69.9 Å². The first-order valence-electron chi connectivity index (χ1n) is 20.1. The number of hydrogen-bond donors (Lipinski definition) is 0. The van der Waals surface area contributed by atoms with Crippen LogP contribution in [-0.2, 0) is 22.6 Å². The molecule has 0 aromatic heterocycles. The lowest BCUT2D eigenvalue weighted by Gasteiger charge is -2.36. The van der Waals surface area contributed by atoms with Gasteiger partial charge in [-0.15, -0.1) is 0 Å². The molecule has 2 aromatic carbocycles. The van der Waals surface area contributed by atoms with E-state index in [9.17, 15) is 9.59 Å². The molecule has 4 aliphatic rings. The van der Waals surface area contributed by atoms with Crippen molar-refractivity contribution in [2.45, 2.75) is 125 Å². The summed E-state index contributed by atoms with van der Waals surface area (Å²) in [5.41, 5.74) is 5.83. The molecule has 0 bridgehead atoms. The van der Waals surface area contributed by atoms with E-state index < -0.39 is 11.2 Å². The second-order valence-electron chi connectivity index (χ2n) is 17.2. The van der Waals surface area contributed by atoms with Gasteiger partial charge >= 0.3 is 12.2 Å². The third-order valence-corrected chi connectivity index (χ3v) is 10.7. The number of piperazine rings is 2. The van der Waals surface area contributed by atoms with E-state index >= 15 is 0 Å². The van der Waals surface area contributed by atoms with Crippen LogP contribution in [0.4, 0.5) is 15.3 Å². The van der Waals surface area contributed by atoms with Crippen LogP contribution in [0, 0.1) is 13.8 Å². The maximum Gasteiger partial charge on any atom is 0.410 e. The number of halogens is 1. The first-order chi connectivity index (χ1) is 25.1. The number of aryl methyl sites for hydroxylation is 2. The molecule has 9 nitrogen and oxygen atoms in total. The zero-order valence-electron chi connectivity index (χ0n) is 34.1. The second-order valence-corrected chi connectivity index (χ2v) is 18.0. The molecule has 0 spiro atoms. The monoisotopic (exact) mass is 797 g/mol. The lowest BCUT2D eigenvalue weighted by Crippen LogP contribution is -2.49. The molecule has 3 heterocycles. The number of anilines is 1. The Labute approximate surface area is 329 Å². The third-order valence-electron chi connectivity index (χ3n) is 9.97. The molecule has 3 saturated heterocycles. The minimum absolute atomic E-state index is 0.189. The number of rotatable bonds is 5. The molecule has 0 radical (unpaired) electrons. The van der Waals surface area contributed by atoms with Gasteiger partial charge in [0, 0.05) is 88.7 Å². The largest absolute Gasteiger partial charge is 0.444 e. The summed E-state index contributed by atoms with van der Waals surface area (Å²) in [6.45, 7) is 26.4. The van der Waals surface area contributed by atoms with Crippen LogP contribution in [0.3, 0.4) is 0 Å². The minimum Gasteiger partial charge on any atom is -0.444 e. The number of amides is 2. The minimum atomic E-state index is -0.430. The van der Waals surface area contributed by atoms with Gasteiger partial charge in [0.15, 0.2) is 0 Å². The Kier molecular flexibility index (Phi) is 16.4. The van der Waals surface area contributed by atoms with Gasteiger partial charge < -0.3 is 24.2 Å². The first kappa shape index (κ1) is 42.9. The Morgan fingerprint density at radius 3 is 1.40 bits per heavy atom. The molecule has 1 saturated carbocycles. The molecule has 0 unspecified atom stereocenters. The summed E-state index contributed by atoms with van der Waals surface area (Å²) in [6, 6.07) is 13.2. The van der Waals surface area contributed by atoms with Gasteiger partial charge in [-0.25, -0.2) is 9.59 Å². The molecule has 10 heteroatoms. The standard InChI is InChI=1S/C21H33N3O2.C17H25BrN2O2.C5H10/c1-17-7-8-19(23-9-5-6-10-23)18(15-17)16-22-11-13-24(14-12-22)20(25)26-21(2,3)4;1-13-5-6-15(18)14(11-13)12-19-7-9-20(10-8-19)16(21)22-17(2,3)4;1-2-4-5-3-1/h7-8,15H,5-6,9-14,16H2,1-4H3;5-6,11H,7-10,12H2,1-4H3;1-5H2. The SMILES string of the molecule is C1CCCC1.Cc1ccc(Br)c(CN2CCN(C(=O)OC(C)(C)C)CC2)c1.Cc1ccc(N2CCCC2)c(CN2CCN(C(=O)OC(C)(C)C)CC2)c1. The molecule has 2 amide bonds. The van der Waals surface area contributed by atoms with Crippen molar-refractivity contribution in [3.05, 3.63) is 63.1 Å². The van der Waals surface area contributed by atoms with E-state index in [4.69, 9.17) is 9.47 Å². The van der Waals surface area contributed by atoms with Crippen molar-refractivity contribution >= 4 is 33.8 Å². The summed E-state index contributed by atoms with van der Waals surface area (Å²) < 4.78 is 12.1. The quantitative estimate of drug-likeness (QED) is 0.299. The van der Waals surface area contributed by atoms with Crippen LogP contribution in [0.25, 0.3) is 0 Å². The number of carbonyl (C=O) groups excluding carboxylic acids is 2. The van der Waals surface area contributed by atoms with Crippen LogP contribution in [0.15, 0.2) is 40.9 Å². The number of hydrogen-bond acceptors (Lipinski definition) is 7. The second kappa shape index (κ2) is 20.2. The Morgan fingerprint density at radius 2 is 0.962 bits per heavy atom. The van der Waals surface area contributed by atoms with Crippen molar-refractivity contribution in [1.29, 1.82) is 0 Å². The van der Waals surface area contributed by atoms with Crippen molar-refractivity contribution in [3.63, 3.8) is 0 Å². The normalized spacial score (nSPS) is 18.5. The number of nitrogens with zero attached hydrogens (tertiary/aromatic N) is 5. The van der Waals surface area contributed by atoms with E-state index in [1.807, 2.05) is 46.4 Å². The summed E-state index contributed by atoms with van der Waals surface area (Å²) in [6.07, 6.45) is 9.69. The molecular formula is C43H68BrN5O4. The highest BCUT2D eigenvalue weighted by Crippen LogP contribution is 2.28. The zero-order valence-corrected chi connectivity index (χ0v) is 35.7. The lowest BCUT2D eigenvalue weighted by atomic mass is 10.1. The topological polar surface area (TPSA) is 68.8 Å². The lowest BCUT2D eigenvalue weighted by molar-refractivity contribution is 0.0129. The van der Waals surface area contributed by atoms with Gasteiger partial charge in [-0.2, -0.15) is 0 Å². The van der Waals surface area contributed by atoms with Crippen LogP contribution in [0.2, 0.25) is 0 Å². The highest BCUT2D eigenvalue weighted by Gasteiger charge is 2.28. The zero-order chi connectivity index (χ0) is 38.6. The van der Waals surface area contributed by atoms with Crippen LogP contribution in [0.1, 0.15) is 109 Å². The van der Waals surface area contributed by atoms with E-state index in [-0.39, 0.29) is 12.2 Å². The third kappa shape index (κ3) is 15.1. The summed E-state index contributed by atoms with van der Waals surface area (Å²) in [5.74, 6) is 0. The van der Waals surface area contributed by atoms with Gasteiger partial charge in [0.05, 0.1) is 0 Å². The fraction of sp³-hybridized carbons (Fsp3) is 0.674. The maximum absolute atomic E-state index is 12.2. The molecule has 1 aliphatic carbocycles. The summed E-state index contributed by atoms with van der Waals surface area (Å²) >= 11 is 3.61. The summed E-state index contributed by atoms with van der Waals surface area (Å²) in [4.78, 5) is 35.3. The van der Waals surface area contributed by atoms with Gasteiger partial charge in [0.2, 0.25) is 0 Å². The highest BCUT2D eigenvalue weighted by molar-refractivity contribution is 9.10. The number of benzene rings is 2. The average Bonchev–Trinajstić information content (AvgIpc) is 3.85. The average molecular weight is 799 g/mol. The molecule has 0 atom stereocenters. The predicted octanol–water partition coefficient (Wildman–Crippen LogP) is 9.41. The van der Waals surface area contributed by atoms with Crippen molar-refractivity contribution in [2.75, 3.05) is 70.3 Å². The van der Waals surface area contributed by atoms with Crippen LogP contribution >= 0.6 is 15.9 Å². The molecule has 296 valence electrons. The smallest absolute Gasteiger partial charge is 0.410 e. The Hall–Kier alpha value is -2.82. The Balaban J connectivity index is 0.000000211. The van der Waals surface area contributed by atoms with Crippen LogP contribution in [-0.4, -0.2) is 108 Å². The molecule has 0 N–H and O–H groups in total. The molecule has 2 aromatic rings. The maximum atomic E-state index is 12.2. The molecule has 6 rings (SSSR count). The van der Waals surface area contributed by atoms with E-state index in [1.165, 1.54) is 86.0 Å². The van der Waals surface area contributed by atoms with Gasteiger partial charge in [0.25, 0.3) is 0 Å². The van der Waals surface area contributed by atoms with Gasteiger partial charge in [0.1, 0.15) is 11.2 Å². The van der Waals surface area contributed by atoms with Gasteiger partial charge in [-0.3, -0.25) is 9.80 Å². The fourth-order valence-corrected chi connectivity index (χ4v) is 7.50.